The lowest BCUT2D eigenvalue weighted by molar-refractivity contribution is 0.101. The fourth-order valence-corrected chi connectivity index (χ4v) is 3.62. The molecule has 29 heavy (non-hydrogen) atoms. The quantitative estimate of drug-likeness (QED) is 0.487. The van der Waals surface area contributed by atoms with Crippen molar-refractivity contribution in [1.29, 1.82) is 0 Å². The highest BCUT2D eigenvalue weighted by Gasteiger charge is 2.19. The summed E-state index contributed by atoms with van der Waals surface area (Å²) in [6.45, 7) is 7.21. The number of hydrogen-bond donors (Lipinski definition) is 1. The van der Waals surface area contributed by atoms with Crippen LogP contribution in [-0.4, -0.2) is 30.7 Å². The molecule has 0 atom stereocenters. The molecule has 2 aromatic heterocycles. The molecular formula is C21H21BrN6O. The number of amides is 1. The van der Waals surface area contributed by atoms with E-state index in [1.807, 2.05) is 47.1 Å². The van der Waals surface area contributed by atoms with Crippen LogP contribution in [0.2, 0.25) is 0 Å². The van der Waals surface area contributed by atoms with Crippen molar-refractivity contribution in [2.75, 3.05) is 5.32 Å². The minimum Gasteiger partial charge on any atom is -0.320 e. The van der Waals surface area contributed by atoms with E-state index >= 15 is 0 Å². The summed E-state index contributed by atoms with van der Waals surface area (Å²) in [7, 11) is 0. The first-order chi connectivity index (χ1) is 13.8. The topological polar surface area (TPSA) is 77.6 Å². The van der Waals surface area contributed by atoms with Crippen molar-refractivity contribution >= 4 is 38.6 Å². The van der Waals surface area contributed by atoms with E-state index in [1.54, 1.807) is 16.9 Å². The Bertz CT molecular complexity index is 1170. The van der Waals surface area contributed by atoms with Crippen LogP contribution in [0.25, 0.3) is 16.7 Å². The Morgan fingerprint density at radius 1 is 1.10 bits per heavy atom. The monoisotopic (exact) mass is 452 g/mol. The molecule has 1 amide bonds. The summed E-state index contributed by atoms with van der Waals surface area (Å²) < 4.78 is 4.20. The third-order valence-corrected chi connectivity index (χ3v) is 5.18. The number of nitrogens with one attached hydrogen (secondary N) is 1. The Kier molecular flexibility index (Phi) is 4.96. The lowest BCUT2D eigenvalue weighted by Gasteiger charge is -2.18. The maximum absolute atomic E-state index is 12.9. The molecule has 0 saturated carbocycles. The van der Waals surface area contributed by atoms with Gasteiger partial charge in [-0.2, -0.15) is 5.10 Å². The fraction of sp³-hybridized carbons (Fsp3) is 0.238. The number of hydrogen-bond acceptors (Lipinski definition) is 4. The molecule has 4 aromatic rings. The number of para-hydroxylation sites is 1. The molecule has 7 nitrogen and oxygen atoms in total. The van der Waals surface area contributed by atoms with Crippen LogP contribution in [0.4, 0.5) is 5.69 Å². The number of anilines is 1. The molecule has 2 aromatic carbocycles. The highest BCUT2D eigenvalue weighted by molar-refractivity contribution is 9.10. The van der Waals surface area contributed by atoms with Crippen molar-refractivity contribution in [3.63, 3.8) is 0 Å². The van der Waals surface area contributed by atoms with Crippen molar-refractivity contribution in [3.05, 3.63) is 64.9 Å². The summed E-state index contributed by atoms with van der Waals surface area (Å²) in [6.07, 6.45) is 1.61. The largest absolute Gasteiger partial charge is 0.320 e. The van der Waals surface area contributed by atoms with Crippen molar-refractivity contribution in [3.8, 4) is 5.69 Å². The number of halogens is 1. The Hall–Kier alpha value is -3.00. The van der Waals surface area contributed by atoms with E-state index in [4.69, 9.17) is 0 Å². The molecule has 0 spiro atoms. The van der Waals surface area contributed by atoms with Gasteiger partial charge in [-0.15, -0.1) is 5.10 Å². The third-order valence-electron chi connectivity index (χ3n) is 4.37. The molecule has 1 N–H and O–H groups in total. The van der Waals surface area contributed by atoms with Crippen molar-refractivity contribution in [2.24, 2.45) is 5.41 Å². The number of fused-ring (bicyclic) bond motifs is 1. The van der Waals surface area contributed by atoms with Gasteiger partial charge in [0.25, 0.3) is 5.91 Å². The Balaban J connectivity index is 1.63. The zero-order valence-corrected chi connectivity index (χ0v) is 18.0. The second kappa shape index (κ2) is 7.44. The highest BCUT2D eigenvalue weighted by Crippen LogP contribution is 2.31. The number of carbonyl (C=O) groups excluding carboxylic acids is 1. The molecule has 0 bridgehead atoms. The van der Waals surface area contributed by atoms with Gasteiger partial charge in [-0.25, -0.2) is 9.36 Å². The van der Waals surface area contributed by atoms with Crippen LogP contribution in [0.15, 0.2) is 59.2 Å². The van der Waals surface area contributed by atoms with Gasteiger partial charge in [0.1, 0.15) is 11.2 Å². The van der Waals surface area contributed by atoms with Crippen LogP contribution in [0, 0.1) is 5.41 Å². The van der Waals surface area contributed by atoms with Gasteiger partial charge in [0, 0.05) is 6.54 Å². The van der Waals surface area contributed by atoms with E-state index in [0.29, 0.717) is 21.4 Å². The van der Waals surface area contributed by atoms with Crippen LogP contribution >= 0.6 is 15.9 Å². The van der Waals surface area contributed by atoms with Gasteiger partial charge < -0.3 is 5.32 Å². The highest BCUT2D eigenvalue weighted by atomic mass is 79.9. The molecule has 8 heteroatoms. The molecule has 0 fully saturated rings. The van der Waals surface area contributed by atoms with Gasteiger partial charge in [0.05, 0.1) is 27.6 Å². The molecule has 4 rings (SSSR count). The normalized spacial score (nSPS) is 11.7. The average molecular weight is 453 g/mol. The molecule has 0 unspecified atom stereocenters. The fourth-order valence-electron chi connectivity index (χ4n) is 3.10. The van der Waals surface area contributed by atoms with Crippen molar-refractivity contribution in [2.45, 2.75) is 27.3 Å². The summed E-state index contributed by atoms with van der Waals surface area (Å²) in [5, 5.41) is 15.8. The number of nitrogens with zero attached hydrogens (tertiary/aromatic N) is 5. The van der Waals surface area contributed by atoms with Crippen LogP contribution in [0.1, 0.15) is 31.3 Å². The molecule has 0 aliphatic carbocycles. The number of aromatic nitrogens is 5. The molecule has 2 heterocycles. The summed E-state index contributed by atoms with van der Waals surface area (Å²) in [5.41, 5.74) is 3.60. The lowest BCUT2D eigenvalue weighted by Crippen LogP contribution is -2.17. The Morgan fingerprint density at radius 2 is 1.86 bits per heavy atom. The summed E-state index contributed by atoms with van der Waals surface area (Å²) in [6, 6.07) is 15.0. The Labute approximate surface area is 176 Å². The predicted octanol–water partition coefficient (Wildman–Crippen LogP) is 4.68. The second-order valence-electron chi connectivity index (χ2n) is 8.02. The Morgan fingerprint density at radius 3 is 2.59 bits per heavy atom. The molecule has 0 radical (unpaired) electrons. The van der Waals surface area contributed by atoms with Crippen molar-refractivity contribution in [1.82, 2.24) is 24.8 Å². The van der Waals surface area contributed by atoms with E-state index in [2.05, 4.69) is 57.4 Å². The zero-order chi connectivity index (χ0) is 20.6. The summed E-state index contributed by atoms with van der Waals surface area (Å²) in [5.74, 6) is -0.256. The third kappa shape index (κ3) is 3.93. The van der Waals surface area contributed by atoms with Gasteiger partial charge >= 0.3 is 0 Å². The second-order valence-corrected chi connectivity index (χ2v) is 8.81. The smallest absolute Gasteiger partial charge is 0.274 e. The first kappa shape index (κ1) is 19.3. The average Bonchev–Trinajstić information content (AvgIpc) is 3.31. The predicted molar refractivity (Wildman–Crippen MR) is 116 cm³/mol. The molecule has 0 aliphatic rings. The van der Waals surface area contributed by atoms with Gasteiger partial charge in [-0.1, -0.05) is 44.2 Å². The maximum Gasteiger partial charge on any atom is 0.274 e. The van der Waals surface area contributed by atoms with Crippen LogP contribution in [0.5, 0.6) is 0 Å². The van der Waals surface area contributed by atoms with Gasteiger partial charge in [0.15, 0.2) is 0 Å². The molecule has 148 valence electrons. The first-order valence-electron chi connectivity index (χ1n) is 9.26. The van der Waals surface area contributed by atoms with E-state index in [9.17, 15) is 4.79 Å². The first-order valence-corrected chi connectivity index (χ1v) is 10.1. The van der Waals surface area contributed by atoms with Crippen LogP contribution in [-0.2, 0) is 6.54 Å². The van der Waals surface area contributed by atoms with Crippen LogP contribution in [0.3, 0.4) is 0 Å². The maximum atomic E-state index is 12.9. The van der Waals surface area contributed by atoms with Gasteiger partial charge in [-0.05, 0) is 51.7 Å². The SMILES string of the molecule is CC(C)(C)Cn1nnc2c(Br)c(NC(=O)c3ccnn3-c3ccccc3)ccc21. The zero-order valence-electron chi connectivity index (χ0n) is 16.4. The molecule has 0 saturated heterocycles. The minimum absolute atomic E-state index is 0.0792. The summed E-state index contributed by atoms with van der Waals surface area (Å²) >= 11 is 3.58. The van der Waals surface area contributed by atoms with Crippen LogP contribution < -0.4 is 5.32 Å². The summed E-state index contributed by atoms with van der Waals surface area (Å²) in [4.78, 5) is 12.9. The van der Waals surface area contributed by atoms with E-state index in [-0.39, 0.29) is 11.3 Å². The molecular weight excluding hydrogens is 432 g/mol. The number of carbonyl (C=O) groups is 1. The van der Waals surface area contributed by atoms with E-state index < -0.39 is 0 Å². The standard InChI is InChI=1S/C21H21BrN6O/c1-21(2,3)13-27-16-10-9-15(18(22)19(16)25-26-27)24-20(29)17-11-12-23-28(17)14-7-5-4-6-8-14/h4-12H,13H2,1-3H3,(H,24,29). The van der Waals surface area contributed by atoms with Gasteiger partial charge in [0.2, 0.25) is 0 Å². The van der Waals surface area contributed by atoms with E-state index in [1.165, 1.54) is 0 Å². The number of benzene rings is 2. The van der Waals surface area contributed by atoms with Gasteiger partial charge in [-0.3, -0.25) is 4.79 Å². The minimum atomic E-state index is -0.256. The van der Waals surface area contributed by atoms with Crippen molar-refractivity contribution < 1.29 is 4.79 Å². The van der Waals surface area contributed by atoms with E-state index in [0.717, 1.165) is 17.7 Å². The number of rotatable bonds is 4. The molecule has 0 aliphatic heterocycles. The lowest BCUT2D eigenvalue weighted by atomic mass is 9.97.